The van der Waals surface area contributed by atoms with Gasteiger partial charge in [0.2, 0.25) is 5.28 Å². The molecule has 2 saturated heterocycles. The number of aromatic nitrogens is 4. The van der Waals surface area contributed by atoms with Crippen molar-refractivity contribution in [3.05, 3.63) is 47.4 Å². The third kappa shape index (κ3) is 5.87. The topological polar surface area (TPSA) is 92.6 Å². The highest BCUT2D eigenvalue weighted by Gasteiger charge is 2.55. The number of fused-ring (bicyclic) bond motifs is 2. The first-order chi connectivity index (χ1) is 18.2. The Morgan fingerprint density at radius 3 is 2.44 bits per heavy atom. The van der Waals surface area contributed by atoms with Crippen LogP contribution in [0.3, 0.4) is 0 Å². The molecule has 0 bridgehead atoms. The van der Waals surface area contributed by atoms with Gasteiger partial charge in [0.1, 0.15) is 30.2 Å². The Hall–Kier alpha value is -2.08. The van der Waals surface area contributed by atoms with E-state index in [1.165, 1.54) is 0 Å². The van der Waals surface area contributed by atoms with Crippen LogP contribution in [0.1, 0.15) is 53.1 Å². The van der Waals surface area contributed by atoms with Crippen molar-refractivity contribution in [3.63, 3.8) is 0 Å². The minimum atomic E-state index is -1.96. The van der Waals surface area contributed by atoms with Gasteiger partial charge < -0.3 is 24.0 Å². The van der Waals surface area contributed by atoms with E-state index >= 15 is 0 Å². The maximum atomic E-state index is 6.53. The molecule has 11 heteroatoms. The van der Waals surface area contributed by atoms with Crippen LogP contribution in [0.5, 0.6) is 0 Å². The summed E-state index contributed by atoms with van der Waals surface area (Å²) in [5.74, 6) is -0.0606. The van der Waals surface area contributed by atoms with Gasteiger partial charge in [0.25, 0.3) is 0 Å². The lowest BCUT2D eigenvalue weighted by Crippen LogP contribution is -2.44. The molecule has 2 aromatic heterocycles. The number of benzene rings is 1. The lowest BCUT2D eigenvalue weighted by Gasteiger charge is -2.37. The van der Waals surface area contributed by atoms with Crippen molar-refractivity contribution in [1.82, 2.24) is 19.7 Å². The quantitative estimate of drug-likeness (QED) is 0.260. The summed E-state index contributed by atoms with van der Waals surface area (Å²) >= 11 is 6.38. The standard InChI is InChI=1S/C28H40ClN5O4Si/c1-17(18-12-10-9-11-13-18)31-24-19-14-30-34(25(19)33-26(29)32-24)15-20-22-23(38-28(5,6)37-22)21(36-20)16-35-39(7,8)27(2,3)4/h9-14,17,20-23H,15-16H2,1-8H3,(H,31,32,33)/t17?,20-,21-,22+,23-/m1/s1. The summed E-state index contributed by atoms with van der Waals surface area (Å²) in [6.07, 6.45) is 0.770. The highest BCUT2D eigenvalue weighted by atomic mass is 35.5. The molecule has 3 aromatic rings. The molecule has 0 amide bonds. The Morgan fingerprint density at radius 1 is 1.10 bits per heavy atom. The van der Waals surface area contributed by atoms with E-state index in [9.17, 15) is 0 Å². The van der Waals surface area contributed by atoms with Crippen molar-refractivity contribution in [2.24, 2.45) is 0 Å². The highest BCUT2D eigenvalue weighted by Crippen LogP contribution is 2.41. The molecule has 0 saturated carbocycles. The average molecular weight is 574 g/mol. The van der Waals surface area contributed by atoms with Crippen molar-refractivity contribution >= 4 is 36.8 Å². The zero-order valence-corrected chi connectivity index (χ0v) is 25.8. The van der Waals surface area contributed by atoms with Crippen molar-refractivity contribution in [1.29, 1.82) is 0 Å². The van der Waals surface area contributed by atoms with E-state index in [1.807, 2.05) is 36.7 Å². The smallest absolute Gasteiger partial charge is 0.226 e. The molecule has 2 aliphatic heterocycles. The van der Waals surface area contributed by atoms with Crippen LogP contribution in [0.4, 0.5) is 5.82 Å². The van der Waals surface area contributed by atoms with Crippen LogP contribution < -0.4 is 5.32 Å². The Kier molecular flexibility index (Phi) is 7.58. The lowest BCUT2D eigenvalue weighted by molar-refractivity contribution is -0.191. The van der Waals surface area contributed by atoms with Crippen LogP contribution >= 0.6 is 11.6 Å². The third-order valence-electron chi connectivity index (χ3n) is 8.14. The first kappa shape index (κ1) is 28.4. The molecule has 39 heavy (non-hydrogen) atoms. The normalized spacial score (nSPS) is 25.7. The summed E-state index contributed by atoms with van der Waals surface area (Å²) in [5, 5.41) is 9.16. The largest absolute Gasteiger partial charge is 0.414 e. The number of anilines is 1. The molecule has 0 radical (unpaired) electrons. The molecule has 1 N–H and O–H groups in total. The number of halogens is 1. The molecule has 1 unspecified atom stereocenters. The van der Waals surface area contributed by atoms with Gasteiger partial charge in [-0.2, -0.15) is 15.1 Å². The molecule has 0 aliphatic carbocycles. The second-order valence-electron chi connectivity index (χ2n) is 12.5. The van der Waals surface area contributed by atoms with Crippen molar-refractivity contribution in [2.75, 3.05) is 11.9 Å². The van der Waals surface area contributed by atoms with Crippen LogP contribution in [0.15, 0.2) is 36.5 Å². The van der Waals surface area contributed by atoms with Crippen LogP contribution in [0.25, 0.3) is 11.0 Å². The van der Waals surface area contributed by atoms with Gasteiger partial charge in [-0.05, 0) is 56.1 Å². The number of nitrogens with zero attached hydrogens (tertiary/aromatic N) is 4. The molecule has 0 spiro atoms. The summed E-state index contributed by atoms with van der Waals surface area (Å²) in [6.45, 7) is 18.1. The molecule has 5 rings (SSSR count). The van der Waals surface area contributed by atoms with E-state index in [-0.39, 0.29) is 40.8 Å². The number of nitrogens with one attached hydrogen (secondary N) is 1. The third-order valence-corrected chi connectivity index (χ3v) is 12.8. The summed E-state index contributed by atoms with van der Waals surface area (Å²) in [6, 6.07) is 10.2. The highest BCUT2D eigenvalue weighted by molar-refractivity contribution is 6.74. The predicted molar refractivity (Wildman–Crippen MR) is 154 cm³/mol. The van der Waals surface area contributed by atoms with Gasteiger partial charge >= 0.3 is 0 Å². The Balaban J connectivity index is 1.37. The van der Waals surface area contributed by atoms with Gasteiger partial charge in [-0.15, -0.1) is 0 Å². The average Bonchev–Trinajstić information content (AvgIpc) is 3.49. The zero-order chi connectivity index (χ0) is 28.2. The van der Waals surface area contributed by atoms with Crippen molar-refractivity contribution in [3.8, 4) is 0 Å². The SMILES string of the molecule is CC(Nc1nc(Cl)nc2c1cnn2C[C@H]1O[C@H](CO[Si](C)(C)C(C)(C)C)[C@H]2OC(C)(C)O[C@H]21)c1ccccc1. The van der Waals surface area contributed by atoms with Crippen LogP contribution in [0.2, 0.25) is 23.4 Å². The van der Waals surface area contributed by atoms with Crippen molar-refractivity contribution in [2.45, 2.75) is 102 Å². The maximum Gasteiger partial charge on any atom is 0.226 e. The minimum Gasteiger partial charge on any atom is -0.414 e. The molecule has 212 valence electrons. The molecule has 2 fully saturated rings. The van der Waals surface area contributed by atoms with Gasteiger partial charge in [0.05, 0.1) is 24.7 Å². The summed E-state index contributed by atoms with van der Waals surface area (Å²) in [5.41, 5.74) is 1.78. The van der Waals surface area contributed by atoms with Gasteiger partial charge in [-0.25, -0.2) is 4.68 Å². The van der Waals surface area contributed by atoms with E-state index in [0.29, 0.717) is 24.6 Å². The fourth-order valence-corrected chi connectivity index (χ4v) is 6.11. The van der Waals surface area contributed by atoms with Crippen LogP contribution in [-0.2, 0) is 25.2 Å². The van der Waals surface area contributed by atoms with Gasteiger partial charge in [0.15, 0.2) is 19.8 Å². The predicted octanol–water partition coefficient (Wildman–Crippen LogP) is 5.96. The number of hydrogen-bond donors (Lipinski definition) is 1. The van der Waals surface area contributed by atoms with E-state index in [0.717, 1.165) is 10.9 Å². The minimum absolute atomic E-state index is 0.0237. The molecule has 2 aliphatic rings. The number of hydrogen-bond acceptors (Lipinski definition) is 8. The van der Waals surface area contributed by atoms with Crippen molar-refractivity contribution < 1.29 is 18.6 Å². The van der Waals surface area contributed by atoms with Crippen LogP contribution in [-0.4, -0.2) is 64.9 Å². The van der Waals surface area contributed by atoms with Gasteiger partial charge in [-0.1, -0.05) is 51.1 Å². The summed E-state index contributed by atoms with van der Waals surface area (Å²) in [7, 11) is -1.96. The second kappa shape index (κ2) is 10.4. The van der Waals surface area contributed by atoms with E-state index in [1.54, 1.807) is 6.20 Å². The zero-order valence-electron chi connectivity index (χ0n) is 24.1. The van der Waals surface area contributed by atoms with E-state index < -0.39 is 14.1 Å². The monoisotopic (exact) mass is 573 g/mol. The Labute approximate surface area is 236 Å². The molecule has 1 aromatic carbocycles. The fourth-order valence-electron chi connectivity index (χ4n) is 4.93. The Morgan fingerprint density at radius 2 is 1.77 bits per heavy atom. The first-order valence-electron chi connectivity index (χ1n) is 13.6. The second-order valence-corrected chi connectivity index (χ2v) is 17.7. The number of rotatable bonds is 8. The fraction of sp³-hybridized carbons (Fsp3) is 0.607. The van der Waals surface area contributed by atoms with Crippen LogP contribution in [0, 0.1) is 0 Å². The van der Waals surface area contributed by atoms with E-state index in [4.69, 9.17) is 30.2 Å². The maximum absolute atomic E-state index is 6.53. The summed E-state index contributed by atoms with van der Waals surface area (Å²) in [4.78, 5) is 8.98. The number of ether oxygens (including phenoxy) is 3. The van der Waals surface area contributed by atoms with Gasteiger partial charge in [0, 0.05) is 6.04 Å². The molecule has 4 heterocycles. The first-order valence-corrected chi connectivity index (χ1v) is 16.9. The molecular weight excluding hydrogens is 534 g/mol. The molecular formula is C28H40ClN5O4Si. The lowest BCUT2D eigenvalue weighted by atomic mass is 10.1. The van der Waals surface area contributed by atoms with E-state index in [2.05, 4.69) is 73.3 Å². The molecule has 9 nitrogen and oxygen atoms in total. The molecule has 5 atom stereocenters. The summed E-state index contributed by atoms with van der Waals surface area (Å²) < 4.78 is 27.5. The van der Waals surface area contributed by atoms with Gasteiger partial charge in [-0.3, -0.25) is 0 Å². The Bertz CT molecular complexity index is 1310.